The second-order valence-electron chi connectivity index (χ2n) is 4.99. The van der Waals surface area contributed by atoms with Gasteiger partial charge in [0.05, 0.1) is 12.2 Å². The van der Waals surface area contributed by atoms with Crippen LogP contribution in [0.15, 0.2) is 48.7 Å². The molecule has 0 aliphatic carbocycles. The number of nitrogens with one attached hydrogen (secondary N) is 1. The molecule has 0 bridgehead atoms. The van der Waals surface area contributed by atoms with Gasteiger partial charge in [0.15, 0.2) is 0 Å². The fraction of sp³-hybridized carbons (Fsp3) is 0.125. The number of hydrogen-bond donors (Lipinski definition) is 2. The lowest BCUT2D eigenvalue weighted by atomic mass is 10.2. The highest BCUT2D eigenvalue weighted by atomic mass is 16.2. The quantitative estimate of drug-likeness (QED) is 0.438. The zero-order chi connectivity index (χ0) is 14.8. The van der Waals surface area contributed by atoms with Crippen molar-refractivity contribution in [3.63, 3.8) is 0 Å². The molecule has 3 aromatic rings. The van der Waals surface area contributed by atoms with E-state index in [-0.39, 0.29) is 5.91 Å². The van der Waals surface area contributed by atoms with Crippen LogP contribution < -0.4 is 11.3 Å². The Kier molecular flexibility index (Phi) is 3.41. The Balaban J connectivity index is 1.95. The minimum atomic E-state index is -0.384. The number of hydrogen-bond acceptors (Lipinski definition) is 3. The lowest BCUT2D eigenvalue weighted by Gasteiger charge is -2.07. The Morgan fingerprint density at radius 1 is 1.29 bits per heavy atom. The minimum absolute atomic E-state index is 0.322. The van der Waals surface area contributed by atoms with E-state index in [9.17, 15) is 4.79 Å². The number of fused-ring (bicyclic) bond motifs is 1. The highest BCUT2D eigenvalue weighted by Crippen LogP contribution is 2.18. The van der Waals surface area contributed by atoms with E-state index in [1.165, 1.54) is 10.9 Å². The summed E-state index contributed by atoms with van der Waals surface area (Å²) < 4.78 is 2.12. The average Bonchev–Trinajstić information content (AvgIpc) is 2.89. The van der Waals surface area contributed by atoms with Crippen LogP contribution >= 0.6 is 0 Å². The topological polar surface area (TPSA) is 72.9 Å². The van der Waals surface area contributed by atoms with Gasteiger partial charge in [0.25, 0.3) is 5.91 Å². The Morgan fingerprint density at radius 3 is 2.95 bits per heavy atom. The first-order valence-corrected chi connectivity index (χ1v) is 6.70. The maximum atomic E-state index is 11.5. The molecule has 0 atom stereocenters. The molecule has 0 unspecified atom stereocenters. The van der Waals surface area contributed by atoms with Crippen molar-refractivity contribution in [1.29, 1.82) is 0 Å². The van der Waals surface area contributed by atoms with Crippen molar-refractivity contribution in [2.45, 2.75) is 13.5 Å². The van der Waals surface area contributed by atoms with Crippen LogP contribution in [0.5, 0.6) is 0 Å². The van der Waals surface area contributed by atoms with Crippen molar-refractivity contribution in [1.82, 2.24) is 15.0 Å². The van der Waals surface area contributed by atoms with Gasteiger partial charge in [0, 0.05) is 11.7 Å². The SMILES string of the molecule is Cc1ccc2ccn(Cc3cccc(C(=O)NN)n3)c2c1. The second kappa shape index (κ2) is 5.38. The molecule has 2 heterocycles. The smallest absolute Gasteiger partial charge is 0.283 e. The Hall–Kier alpha value is -2.66. The number of nitrogens with two attached hydrogens (primary N) is 1. The third-order valence-corrected chi connectivity index (χ3v) is 3.43. The molecule has 3 N–H and O–H groups in total. The molecule has 0 aliphatic heterocycles. The summed E-state index contributed by atoms with van der Waals surface area (Å²) in [7, 11) is 0. The van der Waals surface area contributed by atoms with Gasteiger partial charge >= 0.3 is 0 Å². The van der Waals surface area contributed by atoms with Crippen LogP contribution in [0.25, 0.3) is 10.9 Å². The van der Waals surface area contributed by atoms with Crippen LogP contribution in [-0.4, -0.2) is 15.5 Å². The number of hydrazine groups is 1. The first-order valence-electron chi connectivity index (χ1n) is 6.70. The zero-order valence-electron chi connectivity index (χ0n) is 11.7. The van der Waals surface area contributed by atoms with Crippen LogP contribution in [0.3, 0.4) is 0 Å². The summed E-state index contributed by atoms with van der Waals surface area (Å²) in [5, 5.41) is 1.19. The number of nitrogen functional groups attached to an aromatic ring is 1. The molecule has 21 heavy (non-hydrogen) atoms. The van der Waals surface area contributed by atoms with Crippen molar-refractivity contribution >= 4 is 16.8 Å². The predicted octanol–water partition coefficient (Wildman–Crippen LogP) is 2.00. The van der Waals surface area contributed by atoms with E-state index in [0.29, 0.717) is 12.2 Å². The molecule has 5 nitrogen and oxygen atoms in total. The number of benzene rings is 1. The van der Waals surface area contributed by atoms with Crippen molar-refractivity contribution < 1.29 is 4.79 Å². The monoisotopic (exact) mass is 280 g/mol. The molecule has 1 amide bonds. The van der Waals surface area contributed by atoms with Crippen molar-refractivity contribution in [3.8, 4) is 0 Å². The van der Waals surface area contributed by atoms with E-state index >= 15 is 0 Å². The molecular weight excluding hydrogens is 264 g/mol. The maximum Gasteiger partial charge on any atom is 0.283 e. The lowest BCUT2D eigenvalue weighted by Crippen LogP contribution is -2.30. The summed E-state index contributed by atoms with van der Waals surface area (Å²) in [6.07, 6.45) is 2.03. The fourth-order valence-corrected chi connectivity index (χ4v) is 2.37. The van der Waals surface area contributed by atoms with Gasteiger partial charge in [0.1, 0.15) is 5.69 Å². The first-order chi connectivity index (χ1) is 10.2. The van der Waals surface area contributed by atoms with Gasteiger partial charge < -0.3 is 4.57 Å². The van der Waals surface area contributed by atoms with Crippen LogP contribution in [0, 0.1) is 6.92 Å². The van der Waals surface area contributed by atoms with Gasteiger partial charge in [-0.2, -0.15) is 0 Å². The second-order valence-corrected chi connectivity index (χ2v) is 4.99. The maximum absolute atomic E-state index is 11.5. The van der Waals surface area contributed by atoms with Gasteiger partial charge in [-0.25, -0.2) is 10.8 Å². The summed E-state index contributed by atoms with van der Waals surface area (Å²) >= 11 is 0. The third-order valence-electron chi connectivity index (χ3n) is 3.43. The van der Waals surface area contributed by atoms with Crippen LogP contribution in [-0.2, 0) is 6.54 Å². The highest BCUT2D eigenvalue weighted by Gasteiger charge is 2.07. The Morgan fingerprint density at radius 2 is 2.14 bits per heavy atom. The predicted molar refractivity (Wildman–Crippen MR) is 81.7 cm³/mol. The van der Waals surface area contributed by atoms with Crippen molar-refractivity contribution in [2.24, 2.45) is 5.84 Å². The molecule has 0 spiro atoms. The number of aromatic nitrogens is 2. The van der Waals surface area contributed by atoms with Gasteiger partial charge in [-0.15, -0.1) is 0 Å². The van der Waals surface area contributed by atoms with Gasteiger partial charge in [-0.1, -0.05) is 18.2 Å². The van der Waals surface area contributed by atoms with E-state index < -0.39 is 0 Å². The van der Waals surface area contributed by atoms with Crippen molar-refractivity contribution in [2.75, 3.05) is 0 Å². The Labute approximate surface area is 122 Å². The number of amides is 1. The number of pyridine rings is 1. The van der Waals surface area contributed by atoms with E-state index in [0.717, 1.165) is 11.2 Å². The fourth-order valence-electron chi connectivity index (χ4n) is 2.37. The minimum Gasteiger partial charge on any atom is -0.341 e. The largest absolute Gasteiger partial charge is 0.341 e. The van der Waals surface area contributed by atoms with E-state index in [1.807, 2.05) is 18.3 Å². The molecule has 0 fully saturated rings. The van der Waals surface area contributed by atoms with E-state index in [1.54, 1.807) is 6.07 Å². The van der Waals surface area contributed by atoms with Gasteiger partial charge in [0.2, 0.25) is 0 Å². The third kappa shape index (κ3) is 2.64. The zero-order valence-corrected chi connectivity index (χ0v) is 11.7. The van der Waals surface area contributed by atoms with Crippen LogP contribution in [0.2, 0.25) is 0 Å². The summed E-state index contributed by atoms with van der Waals surface area (Å²) in [4.78, 5) is 15.9. The normalized spacial score (nSPS) is 10.8. The van der Waals surface area contributed by atoms with Crippen LogP contribution in [0.4, 0.5) is 0 Å². The molecule has 0 saturated heterocycles. The van der Waals surface area contributed by atoms with Crippen LogP contribution in [0.1, 0.15) is 21.7 Å². The molecule has 3 rings (SSSR count). The lowest BCUT2D eigenvalue weighted by molar-refractivity contribution is 0.0948. The number of aryl methyl sites for hydroxylation is 1. The van der Waals surface area contributed by atoms with Crippen molar-refractivity contribution in [3.05, 3.63) is 65.6 Å². The molecule has 2 aromatic heterocycles. The molecule has 1 aromatic carbocycles. The molecule has 0 saturated carbocycles. The molecular formula is C16H16N4O. The molecule has 106 valence electrons. The number of rotatable bonds is 3. The summed E-state index contributed by atoms with van der Waals surface area (Å²) in [6.45, 7) is 2.68. The molecule has 0 aliphatic rings. The van der Waals surface area contributed by atoms with E-state index in [2.05, 4.69) is 46.2 Å². The number of nitrogens with zero attached hydrogens (tertiary/aromatic N) is 2. The Bertz CT molecular complexity index is 807. The summed E-state index contributed by atoms with van der Waals surface area (Å²) in [5.41, 5.74) is 5.61. The number of carbonyl (C=O) groups excluding carboxylic acids is 1. The van der Waals surface area contributed by atoms with Gasteiger partial charge in [-0.05, 0) is 42.1 Å². The first kappa shape index (κ1) is 13.3. The summed E-state index contributed by atoms with van der Waals surface area (Å²) in [6, 6.07) is 13.8. The average molecular weight is 280 g/mol. The van der Waals surface area contributed by atoms with Gasteiger partial charge in [-0.3, -0.25) is 10.2 Å². The molecule has 5 heteroatoms. The number of carbonyl (C=O) groups is 1. The van der Waals surface area contributed by atoms with E-state index in [4.69, 9.17) is 5.84 Å². The highest BCUT2D eigenvalue weighted by molar-refractivity contribution is 5.91. The molecule has 0 radical (unpaired) electrons. The summed E-state index contributed by atoms with van der Waals surface area (Å²) in [5.74, 6) is 4.75. The standard InChI is InChI=1S/C16H16N4O/c1-11-5-6-12-7-8-20(15(12)9-11)10-13-3-2-4-14(18-13)16(21)19-17/h2-9H,10,17H2,1H3,(H,19,21).